The van der Waals surface area contributed by atoms with E-state index in [2.05, 4.69) is 5.32 Å². The van der Waals surface area contributed by atoms with E-state index in [0.717, 1.165) is 18.9 Å². The van der Waals surface area contributed by atoms with E-state index < -0.39 is 30.2 Å². The second-order valence-corrected chi connectivity index (χ2v) is 8.29. The highest BCUT2D eigenvalue weighted by atomic mass is 19.3. The SMILES string of the molecule is CC(C)CN(C1CC1)[C@@H](C(N)=O)C(=O)Nc1ccc(N2CCOCC2=O)c(C(F)F)c1. The number of halogens is 2. The van der Waals surface area contributed by atoms with E-state index in [0.29, 0.717) is 6.54 Å². The van der Waals surface area contributed by atoms with Gasteiger partial charge in [0.2, 0.25) is 5.91 Å². The van der Waals surface area contributed by atoms with Gasteiger partial charge in [-0.2, -0.15) is 0 Å². The Morgan fingerprint density at radius 3 is 2.58 bits per heavy atom. The standard InChI is InChI=1S/C21H28F2N4O4/c1-12(2)10-27(14-4-5-14)18(20(24)29)21(30)25-13-3-6-16(15(9-13)19(22)23)26-7-8-31-11-17(26)28/h3,6,9,12,14,18-19H,4-5,7-8,10-11H2,1-2H3,(H2,24,29)(H,25,30)/t18-/m0/s1. The minimum Gasteiger partial charge on any atom is -0.370 e. The van der Waals surface area contributed by atoms with E-state index in [1.165, 1.54) is 17.0 Å². The van der Waals surface area contributed by atoms with Crippen molar-refractivity contribution in [1.82, 2.24) is 4.90 Å². The number of anilines is 2. The second-order valence-electron chi connectivity index (χ2n) is 8.29. The molecule has 1 aromatic carbocycles. The Hall–Kier alpha value is -2.59. The van der Waals surface area contributed by atoms with Crippen molar-refractivity contribution in [3.8, 4) is 0 Å². The van der Waals surface area contributed by atoms with Gasteiger partial charge in [-0.05, 0) is 37.0 Å². The summed E-state index contributed by atoms with van der Waals surface area (Å²) in [4.78, 5) is 40.1. The zero-order chi connectivity index (χ0) is 22.7. The molecule has 1 aliphatic heterocycles. The Morgan fingerprint density at radius 2 is 2.03 bits per heavy atom. The summed E-state index contributed by atoms with van der Waals surface area (Å²) in [5.74, 6) is -1.64. The van der Waals surface area contributed by atoms with Crippen LogP contribution in [0.4, 0.5) is 20.2 Å². The van der Waals surface area contributed by atoms with Crippen molar-refractivity contribution in [2.45, 2.75) is 45.2 Å². The Balaban J connectivity index is 1.83. The van der Waals surface area contributed by atoms with Crippen LogP contribution in [0.3, 0.4) is 0 Å². The molecule has 0 unspecified atom stereocenters. The van der Waals surface area contributed by atoms with Crippen molar-refractivity contribution in [2.24, 2.45) is 11.7 Å². The average Bonchev–Trinajstić information content (AvgIpc) is 3.52. The van der Waals surface area contributed by atoms with Crippen LogP contribution >= 0.6 is 0 Å². The average molecular weight is 438 g/mol. The van der Waals surface area contributed by atoms with E-state index in [4.69, 9.17) is 10.5 Å². The smallest absolute Gasteiger partial charge is 0.265 e. The molecule has 1 saturated heterocycles. The summed E-state index contributed by atoms with van der Waals surface area (Å²) < 4.78 is 32.5. The van der Waals surface area contributed by atoms with Gasteiger partial charge in [0.1, 0.15) is 6.61 Å². The van der Waals surface area contributed by atoms with Crippen LogP contribution in [0.25, 0.3) is 0 Å². The maximum atomic E-state index is 13.7. The van der Waals surface area contributed by atoms with Crippen LogP contribution in [-0.4, -0.2) is 61.0 Å². The minimum atomic E-state index is -2.86. The molecule has 3 rings (SSSR count). The van der Waals surface area contributed by atoms with Crippen molar-refractivity contribution >= 4 is 29.1 Å². The minimum absolute atomic E-state index is 0.0761. The van der Waals surface area contributed by atoms with Crippen molar-refractivity contribution in [3.05, 3.63) is 23.8 Å². The zero-order valence-electron chi connectivity index (χ0n) is 17.6. The largest absolute Gasteiger partial charge is 0.370 e. The molecule has 10 heteroatoms. The lowest BCUT2D eigenvalue weighted by molar-refractivity contribution is -0.133. The number of hydrogen-bond acceptors (Lipinski definition) is 5. The predicted molar refractivity (Wildman–Crippen MR) is 111 cm³/mol. The summed E-state index contributed by atoms with van der Waals surface area (Å²) in [7, 11) is 0. The Bertz CT molecular complexity index is 845. The quantitative estimate of drug-likeness (QED) is 0.573. The number of alkyl halides is 2. The molecule has 1 atom stereocenters. The Labute approximate surface area is 179 Å². The number of carbonyl (C=O) groups is 3. The van der Waals surface area contributed by atoms with Crippen LogP contribution in [0.1, 0.15) is 38.7 Å². The molecule has 3 N–H and O–H groups in total. The molecular weight excluding hydrogens is 410 g/mol. The number of nitrogens with two attached hydrogens (primary N) is 1. The molecule has 2 fully saturated rings. The maximum absolute atomic E-state index is 13.7. The van der Waals surface area contributed by atoms with Gasteiger partial charge in [0.15, 0.2) is 6.04 Å². The van der Waals surface area contributed by atoms with Gasteiger partial charge in [0, 0.05) is 30.4 Å². The molecule has 170 valence electrons. The highest BCUT2D eigenvalue weighted by molar-refractivity contribution is 6.09. The molecule has 3 amide bonds. The van der Waals surface area contributed by atoms with Crippen LogP contribution in [0.5, 0.6) is 0 Å². The molecule has 0 spiro atoms. The Morgan fingerprint density at radius 1 is 1.32 bits per heavy atom. The first-order valence-electron chi connectivity index (χ1n) is 10.3. The van der Waals surface area contributed by atoms with Crippen LogP contribution in [0.15, 0.2) is 18.2 Å². The lowest BCUT2D eigenvalue weighted by Gasteiger charge is -2.30. The molecule has 1 heterocycles. The molecular formula is C21H28F2N4O4. The number of rotatable bonds is 9. The number of nitrogens with zero attached hydrogens (tertiary/aromatic N) is 2. The summed E-state index contributed by atoms with van der Waals surface area (Å²) in [5, 5.41) is 2.55. The summed E-state index contributed by atoms with van der Waals surface area (Å²) in [5.41, 5.74) is 5.33. The highest BCUT2D eigenvalue weighted by Crippen LogP contribution is 2.34. The van der Waals surface area contributed by atoms with Gasteiger partial charge in [-0.25, -0.2) is 8.78 Å². The fourth-order valence-corrected chi connectivity index (χ4v) is 3.77. The second kappa shape index (κ2) is 9.69. The van der Waals surface area contributed by atoms with Crippen molar-refractivity contribution in [1.29, 1.82) is 0 Å². The van der Waals surface area contributed by atoms with Gasteiger partial charge in [0.05, 0.1) is 12.3 Å². The van der Waals surface area contributed by atoms with Crippen LogP contribution < -0.4 is 16.0 Å². The van der Waals surface area contributed by atoms with Gasteiger partial charge < -0.3 is 20.7 Å². The molecule has 1 aromatic rings. The first-order chi connectivity index (χ1) is 14.7. The van der Waals surface area contributed by atoms with Crippen molar-refractivity contribution < 1.29 is 27.9 Å². The topological polar surface area (TPSA) is 105 Å². The molecule has 1 saturated carbocycles. The number of morpholine rings is 1. The van der Waals surface area contributed by atoms with Gasteiger partial charge in [-0.3, -0.25) is 19.3 Å². The van der Waals surface area contributed by atoms with Crippen LogP contribution in [0, 0.1) is 5.92 Å². The van der Waals surface area contributed by atoms with Gasteiger partial charge in [-0.15, -0.1) is 0 Å². The monoisotopic (exact) mass is 438 g/mol. The van der Waals surface area contributed by atoms with Gasteiger partial charge >= 0.3 is 0 Å². The number of nitrogens with one attached hydrogen (secondary N) is 1. The van der Waals surface area contributed by atoms with E-state index in [9.17, 15) is 23.2 Å². The molecule has 0 radical (unpaired) electrons. The first kappa shape index (κ1) is 23.1. The lowest BCUT2D eigenvalue weighted by atomic mass is 10.1. The number of hydrogen-bond donors (Lipinski definition) is 2. The highest BCUT2D eigenvalue weighted by Gasteiger charge is 2.40. The number of ether oxygens (including phenoxy) is 1. The van der Waals surface area contributed by atoms with E-state index in [-0.39, 0.29) is 48.7 Å². The molecule has 8 nitrogen and oxygen atoms in total. The fraction of sp³-hybridized carbons (Fsp3) is 0.571. The first-order valence-corrected chi connectivity index (χ1v) is 10.3. The van der Waals surface area contributed by atoms with E-state index in [1.54, 1.807) is 4.90 Å². The summed E-state index contributed by atoms with van der Waals surface area (Å²) >= 11 is 0. The molecule has 0 bridgehead atoms. The van der Waals surface area contributed by atoms with Gasteiger partial charge in [0.25, 0.3) is 18.2 Å². The van der Waals surface area contributed by atoms with Crippen molar-refractivity contribution in [2.75, 3.05) is 36.5 Å². The van der Waals surface area contributed by atoms with E-state index >= 15 is 0 Å². The summed E-state index contributed by atoms with van der Waals surface area (Å²) in [6, 6.07) is 2.85. The normalized spacial score (nSPS) is 18.0. The van der Waals surface area contributed by atoms with Crippen LogP contribution in [0.2, 0.25) is 0 Å². The number of primary amides is 1. The maximum Gasteiger partial charge on any atom is 0.265 e. The molecule has 0 aromatic heterocycles. The third-order valence-electron chi connectivity index (χ3n) is 5.25. The molecule has 31 heavy (non-hydrogen) atoms. The third-order valence-corrected chi connectivity index (χ3v) is 5.25. The summed E-state index contributed by atoms with van der Waals surface area (Å²) in [6.45, 7) is 4.72. The number of carbonyl (C=O) groups excluding carboxylic acids is 3. The zero-order valence-corrected chi connectivity index (χ0v) is 17.6. The predicted octanol–water partition coefficient (Wildman–Crippen LogP) is 1.90. The number of benzene rings is 1. The fourth-order valence-electron chi connectivity index (χ4n) is 3.77. The van der Waals surface area contributed by atoms with Crippen molar-refractivity contribution in [3.63, 3.8) is 0 Å². The number of amides is 3. The molecule has 1 aliphatic carbocycles. The summed E-state index contributed by atoms with van der Waals surface area (Å²) in [6.07, 6.45) is -1.11. The van der Waals surface area contributed by atoms with Gasteiger partial charge in [-0.1, -0.05) is 13.8 Å². The molecule has 2 aliphatic rings. The lowest BCUT2D eigenvalue weighted by Crippen LogP contribution is -2.54. The van der Waals surface area contributed by atoms with E-state index in [1.807, 2.05) is 13.8 Å². The Kier molecular flexibility index (Phi) is 7.22. The van der Waals surface area contributed by atoms with Crippen LogP contribution in [-0.2, 0) is 19.1 Å². The third kappa shape index (κ3) is 5.56.